The number of fused-ring (bicyclic) bond motifs is 3. The fourth-order valence-corrected chi connectivity index (χ4v) is 4.69. The van der Waals surface area contributed by atoms with Crippen LogP contribution in [0.5, 0.6) is 5.19 Å². The van der Waals surface area contributed by atoms with E-state index in [1.165, 1.54) is 22.7 Å². The number of amides is 1. The average Bonchev–Trinajstić information content (AvgIpc) is 3.19. The number of carbonyl (C=O) groups is 1. The van der Waals surface area contributed by atoms with Gasteiger partial charge < -0.3 is 4.74 Å². The van der Waals surface area contributed by atoms with Crippen molar-refractivity contribution in [2.75, 3.05) is 12.4 Å². The topological polar surface area (TPSA) is 64.1 Å². The van der Waals surface area contributed by atoms with Crippen molar-refractivity contribution >= 4 is 77.3 Å². The number of nitrogens with one attached hydrogen (secondary N) is 1. The van der Waals surface area contributed by atoms with E-state index in [2.05, 4.69) is 15.3 Å². The first-order chi connectivity index (χ1) is 12.1. The minimum absolute atomic E-state index is 0.220. The SMILES string of the molecule is COc1nc2ccc3nc(NC(=O)c4cccc(Cl)c4Cl)sc3c2s1. The zero-order valence-corrected chi connectivity index (χ0v) is 15.8. The number of methoxy groups -OCH3 is 1. The Bertz CT molecular complexity index is 1120. The smallest absolute Gasteiger partial charge is 0.274 e. The summed E-state index contributed by atoms with van der Waals surface area (Å²) < 4.78 is 7.13. The second kappa shape index (κ2) is 6.42. The van der Waals surface area contributed by atoms with E-state index < -0.39 is 0 Å². The van der Waals surface area contributed by atoms with E-state index in [1.807, 2.05) is 12.1 Å². The second-order valence-electron chi connectivity index (χ2n) is 5.02. The number of aromatic nitrogens is 2. The molecule has 0 bridgehead atoms. The molecule has 5 nitrogen and oxygen atoms in total. The summed E-state index contributed by atoms with van der Waals surface area (Å²) >= 11 is 14.9. The number of ether oxygens (including phenoxy) is 1. The first kappa shape index (κ1) is 16.5. The van der Waals surface area contributed by atoms with Crippen LogP contribution in [0.4, 0.5) is 5.13 Å². The third kappa shape index (κ3) is 2.93. The molecule has 0 fully saturated rings. The highest BCUT2D eigenvalue weighted by Gasteiger charge is 2.16. The molecule has 0 saturated carbocycles. The van der Waals surface area contributed by atoms with E-state index in [4.69, 9.17) is 27.9 Å². The lowest BCUT2D eigenvalue weighted by Crippen LogP contribution is -2.12. The molecule has 0 unspecified atom stereocenters. The number of hydrogen-bond acceptors (Lipinski definition) is 6. The molecule has 0 spiro atoms. The molecule has 0 radical (unpaired) electrons. The van der Waals surface area contributed by atoms with Crippen LogP contribution < -0.4 is 10.1 Å². The van der Waals surface area contributed by atoms with Crippen molar-refractivity contribution < 1.29 is 9.53 Å². The van der Waals surface area contributed by atoms with Crippen molar-refractivity contribution in [3.63, 3.8) is 0 Å². The molecule has 4 rings (SSSR count). The van der Waals surface area contributed by atoms with E-state index in [0.29, 0.717) is 20.9 Å². The maximum Gasteiger partial charge on any atom is 0.274 e. The van der Waals surface area contributed by atoms with E-state index >= 15 is 0 Å². The third-order valence-electron chi connectivity index (χ3n) is 3.48. The zero-order chi connectivity index (χ0) is 17.6. The largest absolute Gasteiger partial charge is 0.473 e. The number of anilines is 1. The maximum atomic E-state index is 12.5. The van der Waals surface area contributed by atoms with Crippen LogP contribution in [-0.4, -0.2) is 23.0 Å². The van der Waals surface area contributed by atoms with Crippen molar-refractivity contribution in [3.8, 4) is 5.19 Å². The van der Waals surface area contributed by atoms with Crippen LogP contribution in [0.1, 0.15) is 10.4 Å². The fraction of sp³-hybridized carbons (Fsp3) is 0.0625. The normalized spacial score (nSPS) is 11.2. The van der Waals surface area contributed by atoms with Crippen LogP contribution in [0.15, 0.2) is 30.3 Å². The van der Waals surface area contributed by atoms with Gasteiger partial charge in [-0.3, -0.25) is 10.1 Å². The molecule has 9 heteroatoms. The lowest BCUT2D eigenvalue weighted by molar-refractivity contribution is 0.102. The summed E-state index contributed by atoms with van der Waals surface area (Å²) in [6.07, 6.45) is 0. The van der Waals surface area contributed by atoms with E-state index in [-0.39, 0.29) is 10.9 Å². The first-order valence-corrected chi connectivity index (χ1v) is 9.45. The highest BCUT2D eigenvalue weighted by atomic mass is 35.5. The van der Waals surface area contributed by atoms with Crippen LogP contribution >= 0.6 is 45.9 Å². The van der Waals surface area contributed by atoms with Gasteiger partial charge in [0.05, 0.1) is 43.2 Å². The summed E-state index contributed by atoms with van der Waals surface area (Å²) in [7, 11) is 1.59. The first-order valence-electron chi connectivity index (χ1n) is 7.06. The highest BCUT2D eigenvalue weighted by Crippen LogP contribution is 2.38. The van der Waals surface area contributed by atoms with Gasteiger partial charge in [-0.1, -0.05) is 51.9 Å². The Morgan fingerprint density at radius 3 is 2.56 bits per heavy atom. The van der Waals surface area contributed by atoms with Gasteiger partial charge in [0.1, 0.15) is 0 Å². The molecular formula is C16H9Cl2N3O2S2. The fourth-order valence-electron chi connectivity index (χ4n) is 2.34. The lowest BCUT2D eigenvalue weighted by Gasteiger charge is -2.04. The quantitative estimate of drug-likeness (QED) is 0.486. The van der Waals surface area contributed by atoms with Gasteiger partial charge in [-0.25, -0.2) is 9.97 Å². The van der Waals surface area contributed by atoms with E-state index in [9.17, 15) is 4.79 Å². The Hall–Kier alpha value is -1.93. The molecule has 25 heavy (non-hydrogen) atoms. The third-order valence-corrected chi connectivity index (χ3v) is 6.49. The monoisotopic (exact) mass is 409 g/mol. The highest BCUT2D eigenvalue weighted by molar-refractivity contribution is 7.29. The Morgan fingerprint density at radius 2 is 1.80 bits per heavy atom. The lowest BCUT2D eigenvalue weighted by atomic mass is 10.2. The van der Waals surface area contributed by atoms with Crippen molar-refractivity contribution in [1.82, 2.24) is 9.97 Å². The summed E-state index contributed by atoms with van der Waals surface area (Å²) in [6.45, 7) is 0. The van der Waals surface area contributed by atoms with Crippen LogP contribution in [0, 0.1) is 0 Å². The minimum Gasteiger partial charge on any atom is -0.473 e. The second-order valence-corrected chi connectivity index (χ2v) is 7.77. The predicted octanol–water partition coefficient (Wildman–Crippen LogP) is 5.47. The average molecular weight is 410 g/mol. The van der Waals surface area contributed by atoms with Crippen molar-refractivity contribution in [2.24, 2.45) is 0 Å². The molecule has 2 aromatic heterocycles. The van der Waals surface area contributed by atoms with Gasteiger partial charge in [0, 0.05) is 0 Å². The Morgan fingerprint density at radius 1 is 1.08 bits per heavy atom. The Kier molecular flexibility index (Phi) is 4.24. The van der Waals surface area contributed by atoms with Gasteiger partial charge in [0.25, 0.3) is 11.1 Å². The molecule has 4 aromatic rings. The van der Waals surface area contributed by atoms with Crippen LogP contribution in [0.25, 0.3) is 20.4 Å². The number of nitrogens with zero attached hydrogens (tertiary/aromatic N) is 2. The van der Waals surface area contributed by atoms with Gasteiger partial charge in [-0.2, -0.15) is 0 Å². The minimum atomic E-state index is -0.357. The molecule has 2 aromatic carbocycles. The van der Waals surface area contributed by atoms with Crippen LogP contribution in [0.3, 0.4) is 0 Å². The van der Waals surface area contributed by atoms with Crippen molar-refractivity contribution in [3.05, 3.63) is 45.9 Å². The van der Waals surface area contributed by atoms with Gasteiger partial charge >= 0.3 is 0 Å². The molecule has 1 N–H and O–H groups in total. The molecule has 0 saturated heterocycles. The van der Waals surface area contributed by atoms with Gasteiger partial charge in [0.15, 0.2) is 5.13 Å². The molecule has 0 aliphatic rings. The summed E-state index contributed by atoms with van der Waals surface area (Å²) in [6, 6.07) is 8.68. The van der Waals surface area contributed by atoms with E-state index in [1.54, 1.807) is 25.3 Å². The summed E-state index contributed by atoms with van der Waals surface area (Å²) in [4.78, 5) is 21.3. The van der Waals surface area contributed by atoms with E-state index in [0.717, 1.165) is 20.4 Å². The number of benzene rings is 2. The number of halogens is 2. The number of hydrogen-bond donors (Lipinski definition) is 1. The number of thiazole rings is 2. The zero-order valence-electron chi connectivity index (χ0n) is 12.7. The molecule has 0 aliphatic carbocycles. The molecule has 0 aliphatic heterocycles. The molecule has 0 atom stereocenters. The van der Waals surface area contributed by atoms with Crippen LogP contribution in [0.2, 0.25) is 10.0 Å². The standard InChI is InChI=1S/C16H9Cl2N3O2S2/c1-23-16-20-10-6-5-9-12(13(10)25-16)24-15(19-9)21-14(22)7-3-2-4-8(17)11(7)18/h2-6H,1H3,(H,19,21,22). The molecule has 126 valence electrons. The Labute approximate surface area is 160 Å². The van der Waals surface area contributed by atoms with Gasteiger partial charge in [-0.15, -0.1) is 0 Å². The summed E-state index contributed by atoms with van der Waals surface area (Å²) in [5.74, 6) is -0.357. The van der Waals surface area contributed by atoms with Crippen LogP contribution in [-0.2, 0) is 0 Å². The Balaban J connectivity index is 1.72. The molecule has 2 heterocycles. The van der Waals surface area contributed by atoms with Gasteiger partial charge in [0.2, 0.25) is 0 Å². The molecule has 1 amide bonds. The molecular weight excluding hydrogens is 401 g/mol. The summed E-state index contributed by atoms with van der Waals surface area (Å²) in [5.41, 5.74) is 1.93. The predicted molar refractivity (Wildman–Crippen MR) is 104 cm³/mol. The van der Waals surface area contributed by atoms with Gasteiger partial charge in [-0.05, 0) is 24.3 Å². The van der Waals surface area contributed by atoms with Crippen molar-refractivity contribution in [1.29, 1.82) is 0 Å². The maximum absolute atomic E-state index is 12.5. The summed E-state index contributed by atoms with van der Waals surface area (Å²) in [5, 5.41) is 4.40. The van der Waals surface area contributed by atoms with Crippen molar-refractivity contribution in [2.45, 2.75) is 0 Å². The number of rotatable bonds is 3. The number of carbonyl (C=O) groups excluding carboxylic acids is 1.